The van der Waals surface area contributed by atoms with Gasteiger partial charge in [0, 0.05) is 22.3 Å². The van der Waals surface area contributed by atoms with Crippen molar-refractivity contribution in [2.75, 3.05) is 0 Å². The Bertz CT molecular complexity index is 1040. The fourth-order valence-electron chi connectivity index (χ4n) is 3.04. The molecule has 0 radical (unpaired) electrons. The minimum absolute atomic E-state index is 0.140. The molecular formula is C19H11O7-. The van der Waals surface area contributed by atoms with Crippen LogP contribution in [0.1, 0.15) is 42.2 Å². The van der Waals surface area contributed by atoms with Crippen molar-refractivity contribution in [2.45, 2.75) is 6.92 Å². The van der Waals surface area contributed by atoms with Crippen LogP contribution in [0.4, 0.5) is 0 Å². The zero-order valence-electron chi connectivity index (χ0n) is 13.4. The molecule has 7 nitrogen and oxygen atoms in total. The highest BCUT2D eigenvalue weighted by molar-refractivity contribution is 6.47. The summed E-state index contributed by atoms with van der Waals surface area (Å²) < 4.78 is 0. The van der Waals surface area contributed by atoms with E-state index in [1.165, 1.54) is 24.3 Å². The van der Waals surface area contributed by atoms with Crippen molar-refractivity contribution in [3.8, 4) is 11.5 Å². The number of benzene rings is 2. The number of phenolic OH excluding ortho intramolecular Hbond substituents is 1. The summed E-state index contributed by atoms with van der Waals surface area (Å²) in [6.07, 6.45) is 0.353. The van der Waals surface area contributed by atoms with Gasteiger partial charge in [-0.1, -0.05) is 23.9 Å². The van der Waals surface area contributed by atoms with E-state index in [1.807, 2.05) is 0 Å². The van der Waals surface area contributed by atoms with Crippen LogP contribution in [0.5, 0.6) is 11.5 Å². The first-order valence-corrected chi connectivity index (χ1v) is 7.44. The first kappa shape index (κ1) is 17.1. The van der Waals surface area contributed by atoms with Crippen molar-refractivity contribution in [3.05, 3.63) is 63.7 Å². The molecule has 0 aliphatic heterocycles. The Kier molecular flexibility index (Phi) is 3.92. The van der Waals surface area contributed by atoms with E-state index in [-0.39, 0.29) is 16.7 Å². The lowest BCUT2D eigenvalue weighted by atomic mass is 9.79. The molecule has 0 spiro atoms. The van der Waals surface area contributed by atoms with E-state index in [2.05, 4.69) is 0 Å². The Morgan fingerprint density at radius 2 is 1.81 bits per heavy atom. The van der Waals surface area contributed by atoms with Gasteiger partial charge in [0.1, 0.15) is 11.3 Å². The summed E-state index contributed by atoms with van der Waals surface area (Å²) in [7, 11) is 0. The minimum atomic E-state index is -1.73. The summed E-state index contributed by atoms with van der Waals surface area (Å²) in [6.45, 7) is 1.59. The second-order valence-corrected chi connectivity index (χ2v) is 5.76. The number of aromatic hydroxyl groups is 1. The van der Waals surface area contributed by atoms with Crippen LogP contribution in [-0.4, -0.2) is 34.0 Å². The van der Waals surface area contributed by atoms with Crippen LogP contribution in [0.15, 0.2) is 35.9 Å². The van der Waals surface area contributed by atoms with Crippen molar-refractivity contribution in [1.29, 1.82) is 0 Å². The van der Waals surface area contributed by atoms with Crippen molar-refractivity contribution in [3.63, 3.8) is 0 Å². The topological polar surface area (TPSA) is 132 Å². The number of aryl methyl sites for hydroxylation is 1. The van der Waals surface area contributed by atoms with Gasteiger partial charge in [-0.2, -0.15) is 0 Å². The Morgan fingerprint density at radius 3 is 2.42 bits per heavy atom. The van der Waals surface area contributed by atoms with E-state index >= 15 is 0 Å². The predicted molar refractivity (Wildman–Crippen MR) is 87.3 cm³/mol. The number of carboxylic acid groups (broad SMARTS) is 1. The highest BCUT2D eigenvalue weighted by Crippen LogP contribution is 2.40. The largest absolute Gasteiger partial charge is 0.872 e. The monoisotopic (exact) mass is 351 g/mol. The van der Waals surface area contributed by atoms with Gasteiger partial charge in [-0.15, -0.1) is 0 Å². The molecule has 1 aliphatic rings. The Morgan fingerprint density at radius 1 is 1.12 bits per heavy atom. The molecule has 0 fully saturated rings. The number of hydrogen-bond acceptors (Lipinski definition) is 6. The number of carbonyl (C=O) groups is 4. The molecule has 0 amide bonds. The second kappa shape index (κ2) is 5.96. The molecule has 2 aromatic carbocycles. The number of ketones is 2. The average molecular weight is 351 g/mol. The van der Waals surface area contributed by atoms with Gasteiger partial charge in [-0.3, -0.25) is 14.4 Å². The fraction of sp³-hybridized carbons (Fsp3) is 0.0526. The summed E-state index contributed by atoms with van der Waals surface area (Å²) >= 11 is 0. The number of carbonyl (C=O) groups excluding carboxylic acids is 3. The van der Waals surface area contributed by atoms with E-state index < -0.39 is 45.7 Å². The van der Waals surface area contributed by atoms with Crippen molar-refractivity contribution in [2.24, 2.45) is 0 Å². The molecule has 2 aromatic rings. The third-order valence-corrected chi connectivity index (χ3v) is 4.09. The molecule has 7 heteroatoms. The normalized spacial score (nSPS) is 13.6. The molecule has 1 aliphatic carbocycles. The zero-order valence-corrected chi connectivity index (χ0v) is 13.4. The number of phenols is 1. The maximum absolute atomic E-state index is 12.9. The molecule has 0 saturated carbocycles. The Balaban J connectivity index is 2.45. The molecule has 0 unspecified atom stereocenters. The summed E-state index contributed by atoms with van der Waals surface area (Å²) in [4.78, 5) is 48.6. The number of fused-ring (bicyclic) bond motifs is 1. The van der Waals surface area contributed by atoms with Crippen LogP contribution in [0.25, 0.3) is 5.57 Å². The fourth-order valence-corrected chi connectivity index (χ4v) is 3.04. The van der Waals surface area contributed by atoms with Crippen molar-refractivity contribution < 1.29 is 34.5 Å². The average Bonchev–Trinajstić information content (AvgIpc) is 2.57. The van der Waals surface area contributed by atoms with Gasteiger partial charge in [0.15, 0.2) is 12.1 Å². The lowest BCUT2D eigenvalue weighted by molar-refractivity contribution is -0.268. The number of rotatable bonds is 3. The quantitative estimate of drug-likeness (QED) is 0.632. The number of Topliss-reactive ketones (excluding diaryl/α,β-unsaturated/α-hetero) is 2. The molecular weight excluding hydrogens is 340 g/mol. The first-order chi connectivity index (χ1) is 12.3. The molecule has 2 N–H and O–H groups in total. The van der Waals surface area contributed by atoms with Gasteiger partial charge in [-0.25, -0.2) is 4.79 Å². The lowest BCUT2D eigenvalue weighted by Gasteiger charge is -2.24. The van der Waals surface area contributed by atoms with Crippen LogP contribution >= 0.6 is 0 Å². The van der Waals surface area contributed by atoms with E-state index in [9.17, 15) is 34.5 Å². The summed E-state index contributed by atoms with van der Waals surface area (Å²) in [5.41, 5.74) is -2.34. The standard InChI is InChI=1S/C19H12O7/c1-8-5-9(7-20)13(12(22)6-8)15-16(19(25)26)18(24)14-10(17(15)23)3-2-4-11(14)21/h2-7,21-22H,1H3,(H,25,26)/p-1. The minimum Gasteiger partial charge on any atom is -0.872 e. The van der Waals surface area contributed by atoms with E-state index in [1.54, 1.807) is 6.92 Å². The third-order valence-electron chi connectivity index (χ3n) is 4.09. The smallest absolute Gasteiger partial charge is 0.340 e. The molecule has 0 heterocycles. The lowest BCUT2D eigenvalue weighted by Crippen LogP contribution is -2.27. The molecule has 0 bridgehead atoms. The van der Waals surface area contributed by atoms with E-state index in [0.29, 0.717) is 11.8 Å². The van der Waals surface area contributed by atoms with Crippen LogP contribution < -0.4 is 5.11 Å². The van der Waals surface area contributed by atoms with E-state index in [0.717, 1.165) is 6.07 Å². The Labute approximate surface area is 146 Å². The van der Waals surface area contributed by atoms with Gasteiger partial charge in [-0.05, 0) is 24.6 Å². The maximum atomic E-state index is 12.9. The number of hydrogen-bond donors (Lipinski definition) is 2. The number of carboxylic acids is 1. The van der Waals surface area contributed by atoms with Gasteiger partial charge in [0.05, 0.1) is 5.57 Å². The summed E-state index contributed by atoms with van der Waals surface area (Å²) in [6, 6.07) is 6.14. The highest BCUT2D eigenvalue weighted by atomic mass is 16.4. The number of aliphatic carboxylic acids is 1. The predicted octanol–water partition coefficient (Wildman–Crippen LogP) is 1.50. The molecule has 26 heavy (non-hydrogen) atoms. The van der Waals surface area contributed by atoms with Gasteiger partial charge in [0.2, 0.25) is 5.78 Å². The Hall–Kier alpha value is -3.74. The van der Waals surface area contributed by atoms with Gasteiger partial charge >= 0.3 is 5.97 Å². The van der Waals surface area contributed by atoms with Gasteiger partial charge < -0.3 is 15.3 Å². The van der Waals surface area contributed by atoms with E-state index in [4.69, 9.17) is 0 Å². The van der Waals surface area contributed by atoms with Gasteiger partial charge in [0.25, 0.3) is 0 Å². The van der Waals surface area contributed by atoms with Crippen LogP contribution in [-0.2, 0) is 4.79 Å². The molecule has 3 rings (SSSR count). The SMILES string of the molecule is Cc1cc(O)c(C2=C(C(=O)O)C(=O)c3c([O-])cccc3C2=O)c(C=O)c1. The highest BCUT2D eigenvalue weighted by Gasteiger charge is 2.38. The summed E-state index contributed by atoms with van der Waals surface area (Å²) in [5, 5.41) is 31.7. The molecule has 0 atom stereocenters. The molecule has 0 aromatic heterocycles. The third kappa shape index (κ3) is 2.37. The first-order valence-electron chi connectivity index (χ1n) is 7.44. The van der Waals surface area contributed by atoms with Crippen LogP contribution in [0, 0.1) is 6.92 Å². The number of allylic oxidation sites excluding steroid dienone is 1. The summed E-state index contributed by atoms with van der Waals surface area (Å²) in [5.74, 6) is -5.07. The number of aldehydes is 1. The maximum Gasteiger partial charge on any atom is 0.340 e. The van der Waals surface area contributed by atoms with Crippen LogP contribution in [0.3, 0.4) is 0 Å². The molecule has 130 valence electrons. The zero-order chi connectivity index (χ0) is 19.2. The molecule has 0 saturated heterocycles. The van der Waals surface area contributed by atoms with Crippen molar-refractivity contribution in [1.82, 2.24) is 0 Å². The van der Waals surface area contributed by atoms with Crippen LogP contribution in [0.2, 0.25) is 0 Å². The van der Waals surface area contributed by atoms with Crippen molar-refractivity contribution >= 4 is 29.4 Å². The second-order valence-electron chi connectivity index (χ2n) is 5.76.